The molecule has 1 aliphatic rings. The predicted octanol–water partition coefficient (Wildman–Crippen LogP) is 1.74. The van der Waals surface area contributed by atoms with Gasteiger partial charge in [-0.2, -0.15) is 0 Å². The van der Waals surface area contributed by atoms with Crippen LogP contribution in [0.3, 0.4) is 0 Å². The van der Waals surface area contributed by atoms with Crippen LogP contribution in [0.5, 0.6) is 0 Å². The van der Waals surface area contributed by atoms with Gasteiger partial charge in [-0.25, -0.2) is 0 Å². The molecule has 0 aliphatic carbocycles. The summed E-state index contributed by atoms with van der Waals surface area (Å²) in [5.41, 5.74) is 2.71. The molecule has 1 aromatic rings. The van der Waals surface area contributed by atoms with E-state index < -0.39 is 0 Å². The van der Waals surface area contributed by atoms with Gasteiger partial charge in [-0.3, -0.25) is 4.90 Å². The van der Waals surface area contributed by atoms with Crippen molar-refractivity contribution in [2.24, 2.45) is 0 Å². The number of rotatable bonds is 8. The molecular formula is C17H29N3O. The first kappa shape index (κ1) is 16.3. The number of methoxy groups -OCH3 is 1. The number of benzene rings is 1. The molecule has 118 valence electrons. The van der Waals surface area contributed by atoms with Gasteiger partial charge in [0, 0.05) is 58.7 Å². The van der Waals surface area contributed by atoms with E-state index in [1.54, 1.807) is 7.11 Å². The lowest BCUT2D eigenvalue weighted by molar-refractivity contribution is 0.193. The molecule has 0 saturated carbocycles. The van der Waals surface area contributed by atoms with Crippen LogP contribution in [0.25, 0.3) is 0 Å². The van der Waals surface area contributed by atoms with Crippen molar-refractivity contribution in [3.05, 3.63) is 29.8 Å². The molecule has 1 heterocycles. The minimum atomic E-state index is 0.849. The average Bonchev–Trinajstić information content (AvgIpc) is 2.51. The highest BCUT2D eigenvalue weighted by atomic mass is 16.5. The maximum Gasteiger partial charge on any atom is 0.0474 e. The Morgan fingerprint density at radius 3 is 2.67 bits per heavy atom. The van der Waals surface area contributed by atoms with E-state index in [0.29, 0.717) is 0 Å². The number of aryl methyl sites for hydroxylation is 1. The van der Waals surface area contributed by atoms with Gasteiger partial charge in [-0.1, -0.05) is 12.1 Å². The maximum absolute atomic E-state index is 5.04. The fraction of sp³-hybridized carbons (Fsp3) is 0.647. The normalized spacial score (nSPS) is 16.4. The smallest absolute Gasteiger partial charge is 0.0474 e. The van der Waals surface area contributed by atoms with E-state index in [2.05, 4.69) is 46.3 Å². The molecule has 1 saturated heterocycles. The number of ether oxygens (including phenoxy) is 1. The van der Waals surface area contributed by atoms with E-state index in [1.165, 1.54) is 11.3 Å². The van der Waals surface area contributed by atoms with Crippen LogP contribution in [0.2, 0.25) is 0 Å². The zero-order valence-electron chi connectivity index (χ0n) is 13.5. The van der Waals surface area contributed by atoms with Gasteiger partial charge >= 0.3 is 0 Å². The van der Waals surface area contributed by atoms with Gasteiger partial charge in [-0.15, -0.1) is 0 Å². The maximum atomic E-state index is 5.04. The summed E-state index contributed by atoms with van der Waals surface area (Å²) < 4.78 is 5.04. The van der Waals surface area contributed by atoms with Crippen LogP contribution in [0.15, 0.2) is 24.3 Å². The fourth-order valence-electron chi connectivity index (χ4n) is 2.76. The van der Waals surface area contributed by atoms with E-state index >= 15 is 0 Å². The van der Waals surface area contributed by atoms with E-state index in [0.717, 1.165) is 58.8 Å². The molecular weight excluding hydrogens is 262 g/mol. The molecule has 21 heavy (non-hydrogen) atoms. The van der Waals surface area contributed by atoms with Crippen molar-refractivity contribution in [3.63, 3.8) is 0 Å². The summed E-state index contributed by atoms with van der Waals surface area (Å²) in [5, 5.41) is 3.48. The summed E-state index contributed by atoms with van der Waals surface area (Å²) >= 11 is 0. The highest BCUT2D eigenvalue weighted by Gasteiger charge is 2.16. The summed E-state index contributed by atoms with van der Waals surface area (Å²) in [6.07, 6.45) is 1.09. The van der Waals surface area contributed by atoms with Gasteiger partial charge in [0.1, 0.15) is 0 Å². The molecule has 4 heteroatoms. The first-order chi connectivity index (χ1) is 10.3. The van der Waals surface area contributed by atoms with E-state index in [4.69, 9.17) is 4.74 Å². The van der Waals surface area contributed by atoms with Crippen LogP contribution in [-0.4, -0.2) is 64.4 Å². The largest absolute Gasteiger partial charge is 0.385 e. The highest BCUT2D eigenvalue weighted by Crippen LogP contribution is 2.17. The third-order valence-electron chi connectivity index (χ3n) is 4.05. The molecule has 1 N–H and O–H groups in total. The minimum absolute atomic E-state index is 0.849. The fourth-order valence-corrected chi connectivity index (χ4v) is 2.76. The van der Waals surface area contributed by atoms with Crippen LogP contribution in [0.1, 0.15) is 12.0 Å². The summed E-state index contributed by atoms with van der Waals surface area (Å²) in [7, 11) is 1.76. The molecule has 1 fully saturated rings. The second-order valence-corrected chi connectivity index (χ2v) is 5.76. The summed E-state index contributed by atoms with van der Waals surface area (Å²) in [6.45, 7) is 10.9. The quantitative estimate of drug-likeness (QED) is 0.739. The average molecular weight is 291 g/mol. The van der Waals surface area contributed by atoms with Crippen molar-refractivity contribution in [1.29, 1.82) is 0 Å². The van der Waals surface area contributed by atoms with E-state index in [1.807, 2.05) is 0 Å². The number of anilines is 1. The zero-order valence-corrected chi connectivity index (χ0v) is 13.5. The molecule has 0 atom stereocenters. The zero-order chi connectivity index (χ0) is 14.9. The standard InChI is InChI=1S/C17H29N3O/c1-16-5-3-6-17(15-16)20-12-10-19(11-13-20)9-8-18-7-4-14-21-2/h3,5-6,15,18H,4,7-14H2,1-2H3. The van der Waals surface area contributed by atoms with Crippen LogP contribution in [0, 0.1) is 6.92 Å². The third-order valence-corrected chi connectivity index (χ3v) is 4.05. The lowest BCUT2D eigenvalue weighted by Crippen LogP contribution is -2.48. The molecule has 2 rings (SSSR count). The van der Waals surface area contributed by atoms with Crippen LogP contribution < -0.4 is 10.2 Å². The van der Waals surface area contributed by atoms with Crippen molar-refractivity contribution in [1.82, 2.24) is 10.2 Å². The van der Waals surface area contributed by atoms with Gasteiger partial charge in [0.25, 0.3) is 0 Å². The monoisotopic (exact) mass is 291 g/mol. The number of hydrogen-bond acceptors (Lipinski definition) is 4. The van der Waals surface area contributed by atoms with Gasteiger partial charge < -0.3 is 15.0 Å². The van der Waals surface area contributed by atoms with Crippen molar-refractivity contribution in [3.8, 4) is 0 Å². The van der Waals surface area contributed by atoms with E-state index in [-0.39, 0.29) is 0 Å². The molecule has 0 amide bonds. The highest BCUT2D eigenvalue weighted by molar-refractivity contribution is 5.48. The van der Waals surface area contributed by atoms with Gasteiger partial charge in [0.15, 0.2) is 0 Å². The van der Waals surface area contributed by atoms with Crippen molar-refractivity contribution in [2.45, 2.75) is 13.3 Å². The summed E-state index contributed by atoms with van der Waals surface area (Å²) in [6, 6.07) is 8.82. The predicted molar refractivity (Wildman–Crippen MR) is 89.2 cm³/mol. The van der Waals surface area contributed by atoms with Gasteiger partial charge in [0.05, 0.1) is 0 Å². The molecule has 0 aromatic heterocycles. The molecule has 0 spiro atoms. The molecule has 1 aromatic carbocycles. The van der Waals surface area contributed by atoms with Crippen LogP contribution in [0.4, 0.5) is 5.69 Å². The number of hydrogen-bond donors (Lipinski definition) is 1. The molecule has 0 radical (unpaired) electrons. The Morgan fingerprint density at radius 1 is 1.14 bits per heavy atom. The van der Waals surface area contributed by atoms with Crippen molar-refractivity contribution >= 4 is 5.69 Å². The third kappa shape index (κ3) is 5.65. The minimum Gasteiger partial charge on any atom is -0.385 e. The second kappa shape index (κ2) is 9.03. The number of nitrogens with one attached hydrogen (secondary N) is 1. The molecule has 0 unspecified atom stereocenters. The Kier molecular flexibility index (Phi) is 7.00. The van der Waals surface area contributed by atoms with Crippen LogP contribution in [-0.2, 0) is 4.74 Å². The molecule has 4 nitrogen and oxygen atoms in total. The van der Waals surface area contributed by atoms with Gasteiger partial charge in [-0.05, 0) is 37.6 Å². The van der Waals surface area contributed by atoms with E-state index in [9.17, 15) is 0 Å². The molecule has 1 aliphatic heterocycles. The number of piperazine rings is 1. The second-order valence-electron chi connectivity index (χ2n) is 5.76. The first-order valence-corrected chi connectivity index (χ1v) is 8.03. The lowest BCUT2D eigenvalue weighted by atomic mass is 10.2. The topological polar surface area (TPSA) is 27.7 Å². The number of nitrogens with zero attached hydrogens (tertiary/aromatic N) is 2. The van der Waals surface area contributed by atoms with Gasteiger partial charge in [0.2, 0.25) is 0 Å². The Labute approximate surface area is 129 Å². The summed E-state index contributed by atoms with van der Waals surface area (Å²) in [4.78, 5) is 5.05. The Morgan fingerprint density at radius 2 is 1.95 bits per heavy atom. The SMILES string of the molecule is COCCCNCCN1CCN(c2cccc(C)c2)CC1. The van der Waals surface area contributed by atoms with Crippen molar-refractivity contribution < 1.29 is 4.74 Å². The summed E-state index contributed by atoms with van der Waals surface area (Å²) in [5.74, 6) is 0. The Hall–Kier alpha value is -1.10. The molecule has 0 bridgehead atoms. The van der Waals surface area contributed by atoms with Crippen molar-refractivity contribution in [2.75, 3.05) is 64.4 Å². The van der Waals surface area contributed by atoms with Crippen LogP contribution >= 0.6 is 0 Å². The Bertz CT molecular complexity index is 403. The Balaban J connectivity index is 1.62. The lowest BCUT2D eigenvalue weighted by Gasteiger charge is -2.36. The first-order valence-electron chi connectivity index (χ1n) is 8.03.